The summed E-state index contributed by atoms with van der Waals surface area (Å²) in [6.45, 7) is 10.6. The lowest BCUT2D eigenvalue weighted by Gasteiger charge is -2.13. The number of benzene rings is 1. The molecular weight excluding hydrogens is 388 g/mol. The number of amides is 1. The molecule has 0 aliphatic carbocycles. The summed E-state index contributed by atoms with van der Waals surface area (Å²) in [7, 11) is 0. The molecule has 0 fully saturated rings. The predicted octanol–water partition coefficient (Wildman–Crippen LogP) is 5.44. The maximum absolute atomic E-state index is 12.6. The molecule has 0 aliphatic rings. The second kappa shape index (κ2) is 9.21. The lowest BCUT2D eigenvalue weighted by molar-refractivity contribution is -0.115. The van der Waals surface area contributed by atoms with Crippen molar-refractivity contribution in [2.75, 3.05) is 5.32 Å². The van der Waals surface area contributed by atoms with Crippen molar-refractivity contribution < 1.29 is 4.79 Å². The van der Waals surface area contributed by atoms with E-state index in [1.807, 2.05) is 58.7 Å². The van der Waals surface area contributed by atoms with Crippen molar-refractivity contribution >= 4 is 34.7 Å². The van der Waals surface area contributed by atoms with Crippen LogP contribution in [-0.2, 0) is 11.3 Å². The van der Waals surface area contributed by atoms with Gasteiger partial charge in [0.1, 0.15) is 0 Å². The van der Waals surface area contributed by atoms with Gasteiger partial charge in [-0.25, -0.2) is 0 Å². The molecule has 1 N–H and O–H groups in total. The average molecular weight is 413 g/mol. The van der Waals surface area contributed by atoms with Crippen LogP contribution in [0.1, 0.15) is 32.3 Å². The van der Waals surface area contributed by atoms with Gasteiger partial charge in [-0.15, -0.1) is 16.8 Å². The van der Waals surface area contributed by atoms with Gasteiger partial charge in [0.2, 0.25) is 5.91 Å². The lowest BCUT2D eigenvalue weighted by atomic mass is 10.0. The zero-order valence-corrected chi connectivity index (χ0v) is 17.9. The van der Waals surface area contributed by atoms with E-state index in [2.05, 4.69) is 35.9 Å². The highest BCUT2D eigenvalue weighted by molar-refractivity contribution is 8.00. The van der Waals surface area contributed by atoms with Gasteiger partial charge in [-0.2, -0.15) is 11.3 Å². The molecule has 2 aromatic heterocycles. The number of thioether (sulfide) groups is 1. The fourth-order valence-corrected chi connectivity index (χ4v) is 4.17. The molecular formula is C21H24N4OS2. The van der Waals surface area contributed by atoms with Crippen molar-refractivity contribution in [3.05, 3.63) is 59.3 Å². The Kier molecular flexibility index (Phi) is 6.70. The van der Waals surface area contributed by atoms with Crippen LogP contribution in [0.25, 0.3) is 11.4 Å². The highest BCUT2D eigenvalue weighted by atomic mass is 32.2. The van der Waals surface area contributed by atoms with E-state index in [0.717, 1.165) is 17.1 Å². The van der Waals surface area contributed by atoms with Gasteiger partial charge in [0.05, 0.1) is 5.25 Å². The number of anilines is 1. The quantitative estimate of drug-likeness (QED) is 0.396. The number of carbonyl (C=O) groups is 1. The molecule has 1 atom stereocenters. The molecule has 3 aromatic rings. The van der Waals surface area contributed by atoms with Crippen molar-refractivity contribution in [2.45, 2.75) is 43.6 Å². The molecule has 28 heavy (non-hydrogen) atoms. The number of hydrogen-bond acceptors (Lipinski definition) is 5. The van der Waals surface area contributed by atoms with Gasteiger partial charge < -0.3 is 5.32 Å². The largest absolute Gasteiger partial charge is 0.325 e. The Labute approximate surface area is 173 Å². The number of hydrogen-bond donors (Lipinski definition) is 1. The Morgan fingerprint density at radius 1 is 1.25 bits per heavy atom. The number of nitrogens with zero attached hydrogens (tertiary/aromatic N) is 3. The first kappa shape index (κ1) is 20.4. The zero-order chi connectivity index (χ0) is 20.1. The zero-order valence-electron chi connectivity index (χ0n) is 16.3. The molecule has 3 rings (SSSR count). The van der Waals surface area contributed by atoms with Gasteiger partial charge in [-0.1, -0.05) is 43.8 Å². The summed E-state index contributed by atoms with van der Waals surface area (Å²) in [6.07, 6.45) is 1.81. The fourth-order valence-electron chi connectivity index (χ4n) is 2.68. The smallest absolute Gasteiger partial charge is 0.237 e. The monoisotopic (exact) mass is 412 g/mol. The number of carbonyl (C=O) groups excluding carboxylic acids is 1. The number of thiophene rings is 1. The van der Waals surface area contributed by atoms with Gasteiger partial charge >= 0.3 is 0 Å². The van der Waals surface area contributed by atoms with Gasteiger partial charge in [0.25, 0.3) is 0 Å². The summed E-state index contributed by atoms with van der Waals surface area (Å²) < 4.78 is 1.99. The number of rotatable bonds is 8. The van der Waals surface area contributed by atoms with Crippen molar-refractivity contribution in [3.63, 3.8) is 0 Å². The first-order chi connectivity index (χ1) is 13.5. The molecule has 0 spiro atoms. The van der Waals surface area contributed by atoms with E-state index in [1.54, 1.807) is 11.3 Å². The Morgan fingerprint density at radius 3 is 2.61 bits per heavy atom. The van der Waals surface area contributed by atoms with Crippen LogP contribution in [-0.4, -0.2) is 25.9 Å². The molecule has 7 heteroatoms. The van der Waals surface area contributed by atoms with Crippen LogP contribution in [0.3, 0.4) is 0 Å². The molecule has 1 amide bonds. The topological polar surface area (TPSA) is 59.8 Å². The Hall–Kier alpha value is -2.38. The van der Waals surface area contributed by atoms with Crippen molar-refractivity contribution in [2.24, 2.45) is 0 Å². The molecule has 0 bridgehead atoms. The minimum Gasteiger partial charge on any atom is -0.325 e. The van der Waals surface area contributed by atoms with Crippen LogP contribution >= 0.6 is 23.1 Å². The third-order valence-corrected chi connectivity index (χ3v) is 6.07. The van der Waals surface area contributed by atoms with Gasteiger partial charge in [0, 0.05) is 23.2 Å². The predicted molar refractivity (Wildman–Crippen MR) is 118 cm³/mol. The first-order valence-electron chi connectivity index (χ1n) is 9.13. The minimum absolute atomic E-state index is 0.0625. The van der Waals surface area contributed by atoms with E-state index in [4.69, 9.17) is 0 Å². The van der Waals surface area contributed by atoms with E-state index < -0.39 is 0 Å². The Morgan fingerprint density at radius 2 is 2.00 bits per heavy atom. The number of allylic oxidation sites excluding steroid dienone is 1. The van der Waals surface area contributed by atoms with Gasteiger partial charge in [-0.3, -0.25) is 9.36 Å². The molecule has 1 unspecified atom stereocenters. The van der Waals surface area contributed by atoms with Crippen molar-refractivity contribution in [3.8, 4) is 11.4 Å². The van der Waals surface area contributed by atoms with Crippen molar-refractivity contribution in [1.29, 1.82) is 0 Å². The standard InChI is InChI=1S/C21H24N4OS2/c1-5-11-25-19(17-10-12-27-13-17)23-24-21(25)28-15(4)20(26)22-18-8-6-16(7-9-18)14(2)3/h5-10,12-15H,1,11H2,2-4H3,(H,22,26). The maximum Gasteiger partial charge on any atom is 0.237 e. The van der Waals surface area contributed by atoms with E-state index in [-0.39, 0.29) is 11.2 Å². The molecule has 2 heterocycles. The molecule has 1 aromatic carbocycles. The van der Waals surface area contributed by atoms with Crippen LogP contribution in [0, 0.1) is 0 Å². The summed E-state index contributed by atoms with van der Waals surface area (Å²) in [5.74, 6) is 1.20. The van der Waals surface area contributed by atoms with E-state index >= 15 is 0 Å². The fraction of sp³-hybridized carbons (Fsp3) is 0.286. The lowest BCUT2D eigenvalue weighted by Crippen LogP contribution is -2.23. The molecule has 146 valence electrons. The second-order valence-corrected chi connectivity index (χ2v) is 8.83. The third kappa shape index (κ3) is 4.72. The molecule has 5 nitrogen and oxygen atoms in total. The Balaban J connectivity index is 1.70. The van der Waals surface area contributed by atoms with Crippen molar-refractivity contribution in [1.82, 2.24) is 14.8 Å². The average Bonchev–Trinajstić information content (AvgIpc) is 3.33. The van der Waals surface area contributed by atoms with Crippen LogP contribution in [0.2, 0.25) is 0 Å². The third-order valence-electron chi connectivity index (χ3n) is 4.30. The summed E-state index contributed by atoms with van der Waals surface area (Å²) in [6, 6.07) is 10.00. The van der Waals surface area contributed by atoms with E-state index in [1.165, 1.54) is 17.3 Å². The van der Waals surface area contributed by atoms with Crippen LogP contribution in [0.4, 0.5) is 5.69 Å². The molecule has 0 saturated heterocycles. The van der Waals surface area contributed by atoms with Crippen LogP contribution in [0.5, 0.6) is 0 Å². The highest BCUT2D eigenvalue weighted by Crippen LogP contribution is 2.28. The van der Waals surface area contributed by atoms with Crippen LogP contribution in [0.15, 0.2) is 58.9 Å². The maximum atomic E-state index is 12.6. The molecule has 0 saturated carbocycles. The summed E-state index contributed by atoms with van der Waals surface area (Å²) in [4.78, 5) is 12.6. The summed E-state index contributed by atoms with van der Waals surface area (Å²) in [5, 5.41) is 16.0. The number of aromatic nitrogens is 3. The first-order valence-corrected chi connectivity index (χ1v) is 11.0. The summed E-state index contributed by atoms with van der Waals surface area (Å²) in [5.41, 5.74) is 3.07. The SMILES string of the molecule is C=CCn1c(SC(C)C(=O)Nc2ccc(C(C)C)cc2)nnc1-c1ccsc1. The normalized spacial score (nSPS) is 12.1. The minimum atomic E-state index is -0.312. The molecule has 0 radical (unpaired) electrons. The summed E-state index contributed by atoms with van der Waals surface area (Å²) >= 11 is 3.01. The van der Waals surface area contributed by atoms with Gasteiger partial charge in [0.15, 0.2) is 11.0 Å². The van der Waals surface area contributed by atoms with Crippen LogP contribution < -0.4 is 5.32 Å². The van der Waals surface area contributed by atoms with E-state index in [0.29, 0.717) is 17.6 Å². The Bertz CT molecular complexity index is 930. The number of nitrogens with one attached hydrogen (secondary N) is 1. The highest BCUT2D eigenvalue weighted by Gasteiger charge is 2.20. The second-order valence-electron chi connectivity index (χ2n) is 6.74. The van der Waals surface area contributed by atoms with Gasteiger partial charge in [-0.05, 0) is 42.0 Å². The van der Waals surface area contributed by atoms with E-state index in [9.17, 15) is 4.79 Å². The molecule has 0 aliphatic heterocycles.